The van der Waals surface area contributed by atoms with E-state index in [4.69, 9.17) is 54.6 Å². The molecule has 36 heteroatoms. The lowest BCUT2D eigenvalue weighted by Crippen LogP contribution is -2.46. The molecule has 0 aromatic carbocycles. The van der Waals surface area contributed by atoms with Crippen LogP contribution in [0.2, 0.25) is 0 Å². The standard InChI is InChI=1S/4C15H21NO7S/c1-3-11(17)16-4-5-21-12(18)8-22-14-13-9-6-15(14,2)7-10(9)24(19,20)23-13;1-3-12(17)16-4-5-21-13(18)8-22-14-9-6-10-11(7-9)24(19,20)23-15(10,14)2;1-3-11(17)16-4-5-21-12(18)8-22-13-9-6-10-15(2,7-9)14(13)23-24(10,19)20;1-3-11(17)16-4-5-21-12(18)7-22-13-9-6-10-14(13)23-24(19,20)15(10)8(9)2/h3,9-10,13-14H,1,4-8H2,2H3,(H,16,17);3,9-11,14H,1,4-8H2,2H3,(H,16,17);3,9-10,13-14H,1,4-8H2,2H3,(H,16,17);3,8-10,13-15H,1,4-7H2,2H3,(H,16,17). The molecule has 12 aliphatic rings. The summed E-state index contributed by atoms with van der Waals surface area (Å²) in [5.74, 6) is -3.54. The van der Waals surface area contributed by atoms with Crippen LogP contribution in [0.25, 0.3) is 0 Å². The highest BCUT2D eigenvalue weighted by molar-refractivity contribution is 7.88. The molecule has 8 saturated carbocycles. The summed E-state index contributed by atoms with van der Waals surface area (Å²) < 4.78 is 159. The molecule has 8 aliphatic carbocycles. The normalized spacial score (nSPS) is 38.0. The number of hydrogen-bond donors (Lipinski definition) is 4. The molecule has 4 amide bonds. The van der Waals surface area contributed by atoms with Crippen LogP contribution in [-0.2, 0) is 133 Å². The molecule has 12 rings (SSSR count). The van der Waals surface area contributed by atoms with Crippen molar-refractivity contribution in [2.45, 2.75) is 142 Å². The predicted molar refractivity (Wildman–Crippen MR) is 329 cm³/mol. The summed E-state index contributed by atoms with van der Waals surface area (Å²) in [4.78, 5) is 90.5. The van der Waals surface area contributed by atoms with Crippen LogP contribution < -0.4 is 21.3 Å². The van der Waals surface area contributed by atoms with Gasteiger partial charge in [0.05, 0.1) is 71.6 Å². The Hall–Kier alpha value is -5.80. The van der Waals surface area contributed by atoms with E-state index < -0.39 is 139 Å². The zero-order valence-corrected chi connectivity index (χ0v) is 56.8. The Labute approximate surface area is 557 Å². The molecule has 4 aliphatic heterocycles. The van der Waals surface area contributed by atoms with Crippen LogP contribution in [0.5, 0.6) is 0 Å². The van der Waals surface area contributed by atoms with Gasteiger partial charge in [0.25, 0.3) is 40.5 Å². The number of amides is 4. The van der Waals surface area contributed by atoms with E-state index >= 15 is 0 Å². The van der Waals surface area contributed by atoms with E-state index in [1.165, 1.54) is 0 Å². The molecule has 21 unspecified atom stereocenters. The van der Waals surface area contributed by atoms with Gasteiger partial charge in [0.1, 0.15) is 76.8 Å². The second-order valence-corrected chi connectivity index (χ2v) is 33.5. The van der Waals surface area contributed by atoms with Crippen LogP contribution >= 0.6 is 0 Å². The van der Waals surface area contributed by atoms with Gasteiger partial charge in [-0.15, -0.1) is 0 Å². The van der Waals surface area contributed by atoms with Crippen molar-refractivity contribution in [1.29, 1.82) is 0 Å². The molecule has 12 fully saturated rings. The van der Waals surface area contributed by atoms with Crippen LogP contribution in [0, 0.1) is 52.3 Å². The Morgan fingerprint density at radius 1 is 0.479 bits per heavy atom. The highest BCUT2D eigenvalue weighted by atomic mass is 32.2. The largest absolute Gasteiger partial charge is 0.462 e. The number of fused-ring (bicyclic) bond motifs is 4. The monoisotopic (exact) mass is 1440 g/mol. The van der Waals surface area contributed by atoms with E-state index in [1.54, 1.807) is 6.92 Å². The van der Waals surface area contributed by atoms with Crippen LogP contribution in [0.4, 0.5) is 0 Å². The van der Waals surface area contributed by atoms with E-state index in [1.807, 2.05) is 20.8 Å². The molecule has 21 atom stereocenters. The average Bonchev–Trinajstić information content (AvgIpc) is 1.56. The quantitative estimate of drug-likeness (QED) is 0.0236. The van der Waals surface area contributed by atoms with Crippen molar-refractivity contribution in [3.63, 3.8) is 0 Å². The smallest absolute Gasteiger partial charge is 0.332 e. The zero-order valence-electron chi connectivity index (χ0n) is 53.5. The fourth-order valence-corrected chi connectivity index (χ4v) is 25.0. The fraction of sp³-hybridized carbons (Fsp3) is 0.733. The van der Waals surface area contributed by atoms with Gasteiger partial charge in [0.2, 0.25) is 23.6 Å². The maximum Gasteiger partial charge on any atom is 0.332 e. The van der Waals surface area contributed by atoms with Crippen molar-refractivity contribution < 1.29 is 127 Å². The number of carbonyl (C=O) groups is 8. The van der Waals surface area contributed by atoms with Gasteiger partial charge in [-0.05, 0) is 105 Å². The molecule has 4 saturated heterocycles. The molecular formula is C60H84N4O28S4. The van der Waals surface area contributed by atoms with Gasteiger partial charge in [-0.2, -0.15) is 33.7 Å². The zero-order chi connectivity index (χ0) is 70.1. The molecular weight excluding hydrogens is 1350 g/mol. The Kier molecular flexibility index (Phi) is 22.9. The maximum absolute atomic E-state index is 12.0. The lowest BCUT2D eigenvalue weighted by Gasteiger charge is -2.33. The van der Waals surface area contributed by atoms with E-state index in [2.05, 4.69) is 47.6 Å². The van der Waals surface area contributed by atoms with Gasteiger partial charge >= 0.3 is 23.9 Å². The van der Waals surface area contributed by atoms with Gasteiger partial charge in [-0.1, -0.05) is 47.1 Å². The lowest BCUT2D eigenvalue weighted by atomic mass is 9.82. The molecule has 32 nitrogen and oxygen atoms in total. The van der Waals surface area contributed by atoms with Gasteiger partial charge in [0, 0.05) is 23.2 Å². The predicted octanol–water partition coefficient (Wildman–Crippen LogP) is -1.17. The minimum Gasteiger partial charge on any atom is -0.462 e. The van der Waals surface area contributed by atoms with E-state index in [9.17, 15) is 72.0 Å². The first-order valence-corrected chi connectivity index (χ1v) is 37.5. The molecule has 536 valence electrons. The molecule has 0 aromatic heterocycles. The first-order chi connectivity index (χ1) is 45.2. The summed E-state index contributed by atoms with van der Waals surface area (Å²) in [5.41, 5.74) is -1.60. The van der Waals surface area contributed by atoms with Crippen LogP contribution in [0.1, 0.15) is 72.6 Å². The second kappa shape index (κ2) is 29.6. The third-order valence-electron chi connectivity index (χ3n) is 20.6. The van der Waals surface area contributed by atoms with E-state index in [0.717, 1.165) is 50.0 Å². The number of hydrogen-bond acceptors (Lipinski definition) is 28. The Balaban J connectivity index is 0.000000150. The molecule has 8 bridgehead atoms. The van der Waals surface area contributed by atoms with Gasteiger partial charge in [0.15, 0.2) is 0 Å². The molecule has 4 heterocycles. The van der Waals surface area contributed by atoms with Crippen molar-refractivity contribution in [2.24, 2.45) is 52.3 Å². The first-order valence-electron chi connectivity index (χ1n) is 31.6. The fourth-order valence-electron chi connectivity index (χ4n) is 16.7. The first kappa shape index (κ1) is 74.4. The Morgan fingerprint density at radius 2 is 0.948 bits per heavy atom. The molecule has 4 N–H and O–H groups in total. The number of rotatable bonds is 28. The minimum absolute atomic E-state index is 0.0305. The summed E-state index contributed by atoms with van der Waals surface area (Å²) >= 11 is 0. The van der Waals surface area contributed by atoms with E-state index in [-0.39, 0.29) is 150 Å². The second-order valence-electron chi connectivity index (χ2n) is 26.5. The number of esters is 4. The number of ether oxygens (including phenoxy) is 8. The summed E-state index contributed by atoms with van der Waals surface area (Å²) in [5, 5.41) is 8.16. The lowest BCUT2D eigenvalue weighted by molar-refractivity contribution is -0.158. The van der Waals surface area contributed by atoms with Crippen LogP contribution in [-0.4, -0.2) is 230 Å². The molecule has 0 aromatic rings. The summed E-state index contributed by atoms with van der Waals surface area (Å²) in [6, 6.07) is 0. The third kappa shape index (κ3) is 15.5. The number of carbonyl (C=O) groups excluding carboxylic acids is 8. The van der Waals surface area contributed by atoms with Crippen LogP contribution in [0.3, 0.4) is 0 Å². The number of nitrogens with one attached hydrogen (secondary N) is 4. The Morgan fingerprint density at radius 3 is 1.45 bits per heavy atom. The van der Waals surface area contributed by atoms with Gasteiger partial charge in [-0.3, -0.25) is 35.9 Å². The summed E-state index contributed by atoms with van der Waals surface area (Å²) in [6.07, 6.45) is 5.85. The van der Waals surface area contributed by atoms with E-state index in [0.29, 0.717) is 19.3 Å². The van der Waals surface area contributed by atoms with Gasteiger partial charge < -0.3 is 59.2 Å². The topological polar surface area (TPSA) is 432 Å². The van der Waals surface area contributed by atoms with Crippen molar-refractivity contribution >= 4 is 88.0 Å². The summed E-state index contributed by atoms with van der Waals surface area (Å²) in [6.45, 7) is 20.6. The van der Waals surface area contributed by atoms with Crippen molar-refractivity contribution in [3.8, 4) is 0 Å². The summed E-state index contributed by atoms with van der Waals surface area (Å²) in [7, 11) is -14.1. The Bertz CT molecular complexity index is 3420. The van der Waals surface area contributed by atoms with Crippen LogP contribution in [0.15, 0.2) is 50.6 Å². The van der Waals surface area contributed by atoms with Crippen molar-refractivity contribution in [2.75, 3.05) is 79.0 Å². The highest BCUT2D eigenvalue weighted by Gasteiger charge is 2.74. The SMILES string of the molecule is C=CC(=O)NCCOC(=O)COC1C2CC3C(C)(C2)C1OS3(=O)=O.C=CC(=O)NCCOC(=O)COC1C2CC3C(C2)S(=O)(=O)OC31C.C=CC(=O)NCCOC(=O)COC1C2CC3C1OS(=O)(=O)C3C2C.C=CC(=O)NCCOC(=O)COC1C2OS(=O)(=O)C3CC1(C)CC23. The maximum atomic E-state index is 12.0. The molecule has 0 spiro atoms. The third-order valence-corrected chi connectivity index (χ3v) is 28.1. The van der Waals surface area contributed by atoms with Crippen molar-refractivity contribution in [1.82, 2.24) is 21.3 Å². The van der Waals surface area contributed by atoms with Gasteiger partial charge in [-0.25, -0.2) is 19.2 Å². The molecule has 0 radical (unpaired) electrons. The average molecular weight is 1440 g/mol. The minimum atomic E-state index is -3.53. The van der Waals surface area contributed by atoms with Crippen molar-refractivity contribution in [3.05, 3.63) is 50.6 Å². The molecule has 96 heavy (non-hydrogen) atoms. The highest BCUT2D eigenvalue weighted by Crippen LogP contribution is 2.65.